The molecule has 0 bridgehead atoms. The molecule has 0 radical (unpaired) electrons. The van der Waals surface area contributed by atoms with Crippen LogP contribution in [0.15, 0.2) is 18.3 Å². The molecule has 34 heavy (non-hydrogen) atoms. The highest BCUT2D eigenvalue weighted by Gasteiger charge is 2.42. The van der Waals surface area contributed by atoms with Gasteiger partial charge in [-0.2, -0.15) is 9.50 Å². The number of hydrogen-bond donors (Lipinski definition) is 5. The van der Waals surface area contributed by atoms with E-state index in [1.54, 1.807) is 16.8 Å². The van der Waals surface area contributed by atoms with Gasteiger partial charge >= 0.3 is 0 Å². The number of nitrogen functional groups attached to an aromatic ring is 2. The zero-order valence-corrected chi connectivity index (χ0v) is 19.8. The van der Waals surface area contributed by atoms with Gasteiger partial charge in [-0.25, -0.2) is 4.98 Å². The third kappa shape index (κ3) is 3.93. The van der Waals surface area contributed by atoms with E-state index >= 15 is 0 Å². The van der Waals surface area contributed by atoms with Crippen LogP contribution in [0.5, 0.6) is 0 Å². The summed E-state index contributed by atoms with van der Waals surface area (Å²) >= 11 is 6.87. The predicted molar refractivity (Wildman–Crippen MR) is 134 cm³/mol. The summed E-state index contributed by atoms with van der Waals surface area (Å²) in [6, 6.07) is 4.47. The van der Waals surface area contributed by atoms with E-state index in [-0.39, 0.29) is 0 Å². The first-order valence-electron chi connectivity index (χ1n) is 11.6. The highest BCUT2D eigenvalue weighted by molar-refractivity contribution is 6.36. The number of nitrogens with two attached hydrogens (primary N) is 2. The molecule has 3 aromatic rings. The van der Waals surface area contributed by atoms with Crippen molar-refractivity contribution in [3.05, 3.63) is 23.4 Å². The van der Waals surface area contributed by atoms with Gasteiger partial charge in [-0.15, -0.1) is 5.10 Å². The summed E-state index contributed by atoms with van der Waals surface area (Å²) in [5.74, 6) is 1.40. The van der Waals surface area contributed by atoms with Gasteiger partial charge in [0.05, 0.1) is 28.2 Å². The summed E-state index contributed by atoms with van der Waals surface area (Å²) in [6.45, 7) is 5.00. The van der Waals surface area contributed by atoms with Crippen molar-refractivity contribution < 1.29 is 5.11 Å². The molecule has 12 heteroatoms. The number of nitrogens with one attached hydrogen (secondary N) is 2. The Morgan fingerprint density at radius 3 is 2.74 bits per heavy atom. The summed E-state index contributed by atoms with van der Waals surface area (Å²) in [5.41, 5.74) is 14.4. The molecular weight excluding hydrogens is 456 g/mol. The van der Waals surface area contributed by atoms with Crippen molar-refractivity contribution in [3.8, 4) is 0 Å². The van der Waals surface area contributed by atoms with Gasteiger partial charge in [-0.3, -0.25) is 4.90 Å². The summed E-state index contributed by atoms with van der Waals surface area (Å²) in [4.78, 5) is 13.6. The van der Waals surface area contributed by atoms with E-state index in [1.165, 1.54) is 0 Å². The van der Waals surface area contributed by atoms with E-state index in [1.807, 2.05) is 13.0 Å². The normalized spacial score (nSPS) is 22.2. The molecule has 2 saturated heterocycles. The van der Waals surface area contributed by atoms with E-state index in [0.29, 0.717) is 64.8 Å². The van der Waals surface area contributed by atoms with Crippen LogP contribution in [0.3, 0.4) is 0 Å². The first-order chi connectivity index (χ1) is 16.3. The van der Waals surface area contributed by atoms with E-state index < -0.39 is 5.60 Å². The van der Waals surface area contributed by atoms with Gasteiger partial charge in [0.25, 0.3) is 0 Å². The number of rotatable bonds is 6. The molecule has 1 atom stereocenters. The molecule has 3 aliphatic rings. The van der Waals surface area contributed by atoms with Crippen molar-refractivity contribution in [2.45, 2.75) is 43.9 Å². The van der Waals surface area contributed by atoms with Crippen LogP contribution in [0.2, 0.25) is 5.02 Å². The first-order valence-corrected chi connectivity index (χ1v) is 12.0. The number of imidazole rings is 1. The Hall–Kier alpha value is -3.02. The van der Waals surface area contributed by atoms with Gasteiger partial charge in [-0.05, 0) is 38.3 Å². The van der Waals surface area contributed by atoms with Crippen LogP contribution in [0.4, 0.5) is 34.6 Å². The fraction of sp³-hybridized carbons (Fsp3) is 0.500. The predicted octanol–water partition coefficient (Wildman–Crippen LogP) is 1.91. The molecule has 2 aromatic heterocycles. The number of hydrogen-bond acceptors (Lipinski definition) is 10. The number of likely N-dealkylation sites (tertiary alicyclic amines) is 1. The average molecular weight is 485 g/mol. The maximum Gasteiger partial charge on any atom is 0.247 e. The lowest BCUT2D eigenvalue weighted by atomic mass is 9.94. The number of β-amino-alcohol motifs (C(OH)–C–C–N with tert-alkyl or cyclic N) is 1. The Balaban J connectivity index is 1.27. The van der Waals surface area contributed by atoms with Gasteiger partial charge in [0.2, 0.25) is 5.95 Å². The molecule has 0 spiro atoms. The molecule has 4 heterocycles. The molecule has 180 valence electrons. The standard InChI is InChI=1S/C22H29ClN10O/c1-22(34)10-32(11-22)14-4-5-31(9-14)16-7-12(24)6-15(18(16)23)28-21-29-19(27-13-2-3-13)20-26-8-17(25)33(20)30-21/h6-8,13-14,34H,2-5,9-11,24-25H2,1H3,(H2,27,28,29,30)/t14-/m1/s1. The highest BCUT2D eigenvalue weighted by Crippen LogP contribution is 2.39. The van der Waals surface area contributed by atoms with Gasteiger partial charge in [0.1, 0.15) is 5.82 Å². The van der Waals surface area contributed by atoms with Gasteiger partial charge in [0.15, 0.2) is 11.5 Å². The number of nitrogens with zero attached hydrogens (tertiary/aromatic N) is 6. The molecule has 1 aliphatic carbocycles. The Morgan fingerprint density at radius 2 is 2.00 bits per heavy atom. The largest absolute Gasteiger partial charge is 0.399 e. The van der Waals surface area contributed by atoms with Crippen molar-refractivity contribution >= 4 is 51.9 Å². The molecule has 1 saturated carbocycles. The Bertz CT molecular complexity index is 1250. The van der Waals surface area contributed by atoms with Crippen LogP contribution < -0.4 is 27.0 Å². The lowest BCUT2D eigenvalue weighted by Crippen LogP contribution is -2.63. The number of aromatic nitrogens is 4. The van der Waals surface area contributed by atoms with Crippen LogP contribution in [0.1, 0.15) is 26.2 Å². The molecular formula is C22H29ClN10O. The lowest BCUT2D eigenvalue weighted by Gasteiger charge is -2.47. The summed E-state index contributed by atoms with van der Waals surface area (Å²) in [6.07, 6.45) is 4.79. The fourth-order valence-corrected chi connectivity index (χ4v) is 5.16. The monoisotopic (exact) mass is 484 g/mol. The molecule has 1 aromatic carbocycles. The zero-order chi connectivity index (χ0) is 23.6. The van der Waals surface area contributed by atoms with Crippen LogP contribution in [0, 0.1) is 0 Å². The van der Waals surface area contributed by atoms with Crippen molar-refractivity contribution in [2.75, 3.05) is 53.2 Å². The second-order valence-electron chi connectivity index (χ2n) is 9.94. The number of halogens is 1. The molecule has 6 rings (SSSR count). The SMILES string of the molecule is CC1(O)CN([C@@H]2CCN(c3cc(N)cc(Nc4nc(NC5CC5)c5ncc(N)n5n4)c3Cl)C2)C1. The Labute approximate surface area is 202 Å². The van der Waals surface area contributed by atoms with E-state index in [2.05, 4.69) is 35.5 Å². The second-order valence-corrected chi connectivity index (χ2v) is 10.3. The summed E-state index contributed by atoms with van der Waals surface area (Å²) < 4.78 is 1.56. The minimum Gasteiger partial charge on any atom is -0.399 e. The quantitative estimate of drug-likeness (QED) is 0.329. The highest BCUT2D eigenvalue weighted by atomic mass is 35.5. The van der Waals surface area contributed by atoms with Crippen molar-refractivity contribution in [1.29, 1.82) is 0 Å². The summed E-state index contributed by atoms with van der Waals surface area (Å²) in [7, 11) is 0. The fourth-order valence-electron chi connectivity index (χ4n) is 4.89. The first kappa shape index (κ1) is 21.5. The lowest BCUT2D eigenvalue weighted by molar-refractivity contribution is -0.0984. The molecule has 11 nitrogen and oxygen atoms in total. The molecule has 2 aliphatic heterocycles. The number of fused-ring (bicyclic) bond motifs is 1. The van der Waals surface area contributed by atoms with Gasteiger partial charge in [0, 0.05) is 44.0 Å². The van der Waals surface area contributed by atoms with Crippen molar-refractivity contribution in [1.82, 2.24) is 24.5 Å². The number of aliphatic hydroxyl groups is 1. The topological polar surface area (TPSA) is 146 Å². The molecule has 3 fully saturated rings. The van der Waals surface area contributed by atoms with Crippen molar-refractivity contribution in [2.24, 2.45) is 0 Å². The van der Waals surface area contributed by atoms with Crippen LogP contribution >= 0.6 is 11.6 Å². The van der Waals surface area contributed by atoms with Crippen LogP contribution in [-0.4, -0.2) is 73.5 Å². The van der Waals surface area contributed by atoms with Crippen LogP contribution in [-0.2, 0) is 0 Å². The average Bonchev–Trinajstić information content (AvgIpc) is 3.31. The van der Waals surface area contributed by atoms with Gasteiger partial charge < -0.3 is 32.1 Å². The minimum atomic E-state index is -0.577. The minimum absolute atomic E-state index is 0.348. The third-order valence-corrected chi connectivity index (χ3v) is 7.13. The van der Waals surface area contributed by atoms with Gasteiger partial charge in [-0.1, -0.05) is 11.6 Å². The third-order valence-electron chi connectivity index (χ3n) is 6.74. The smallest absolute Gasteiger partial charge is 0.247 e. The Morgan fingerprint density at radius 1 is 1.21 bits per heavy atom. The molecule has 0 amide bonds. The second kappa shape index (κ2) is 7.76. The number of anilines is 6. The summed E-state index contributed by atoms with van der Waals surface area (Å²) in [5, 5.41) is 21.8. The van der Waals surface area contributed by atoms with E-state index in [0.717, 1.165) is 38.0 Å². The molecule has 0 unspecified atom stereocenters. The van der Waals surface area contributed by atoms with E-state index in [9.17, 15) is 5.11 Å². The zero-order valence-electron chi connectivity index (χ0n) is 19.0. The molecule has 7 N–H and O–H groups in total. The van der Waals surface area contributed by atoms with Crippen LogP contribution in [0.25, 0.3) is 5.65 Å². The maximum atomic E-state index is 10.1. The maximum absolute atomic E-state index is 10.1. The van der Waals surface area contributed by atoms with E-state index in [4.69, 9.17) is 23.1 Å². The number of benzene rings is 1. The Kier molecular flexibility index (Phi) is 4.91. The van der Waals surface area contributed by atoms with Crippen molar-refractivity contribution in [3.63, 3.8) is 0 Å².